The summed E-state index contributed by atoms with van der Waals surface area (Å²) in [5.41, 5.74) is 3.24. The van der Waals surface area contributed by atoms with E-state index in [4.69, 9.17) is 0 Å². The maximum absolute atomic E-state index is 2.39. The van der Waals surface area contributed by atoms with Gasteiger partial charge in [-0.1, -0.05) is 190 Å². The van der Waals surface area contributed by atoms with Gasteiger partial charge in [0.1, 0.15) is 0 Å². The molecular weight excluding hydrogens is 622 g/mol. The topological polar surface area (TPSA) is 0 Å². The second kappa shape index (κ2) is 15.5. The van der Waals surface area contributed by atoms with Crippen LogP contribution >= 0.6 is 15.8 Å². The second-order valence-electron chi connectivity index (χ2n) is 13.2. The Hall–Kier alpha value is -3.04. The number of hydrogen-bond acceptors (Lipinski definition) is 0. The maximum atomic E-state index is 2.39. The third-order valence-electron chi connectivity index (χ3n) is 7.78. The molecule has 0 nitrogen and oxygen atoms in total. The van der Waals surface area contributed by atoms with Gasteiger partial charge in [0, 0.05) is 0 Å². The minimum absolute atomic E-state index is 0. The van der Waals surface area contributed by atoms with E-state index in [2.05, 4.69) is 199 Å². The second-order valence-corrected chi connectivity index (χ2v) is 17.7. The van der Waals surface area contributed by atoms with E-state index in [-0.39, 0.29) is 27.9 Å². The minimum Gasteiger partial charge on any atom is -0.209 e. The van der Waals surface area contributed by atoms with E-state index in [1.54, 1.807) is 0 Å². The van der Waals surface area contributed by atoms with Crippen molar-refractivity contribution in [3.63, 3.8) is 0 Å². The molecule has 0 bridgehead atoms. The van der Waals surface area contributed by atoms with Crippen LogP contribution in [0.25, 0.3) is 0 Å². The zero-order chi connectivity index (χ0) is 31.2. The normalized spacial score (nSPS) is 11.6. The van der Waals surface area contributed by atoms with Crippen LogP contribution in [0.3, 0.4) is 0 Å². The Labute approximate surface area is 284 Å². The van der Waals surface area contributed by atoms with Crippen molar-refractivity contribution in [2.24, 2.45) is 0 Å². The van der Waals surface area contributed by atoms with Gasteiger partial charge in [0.2, 0.25) is 0 Å². The van der Waals surface area contributed by atoms with Crippen LogP contribution < -0.4 is 31.8 Å². The van der Waals surface area contributed by atoms with Crippen molar-refractivity contribution >= 4 is 47.7 Å². The molecule has 0 aliphatic heterocycles. The monoisotopic (exact) mass is 666 g/mol. The molecule has 0 unspecified atom stereocenters. The van der Waals surface area contributed by atoms with E-state index in [0.717, 1.165) is 0 Å². The molecule has 6 aromatic rings. The van der Waals surface area contributed by atoms with Gasteiger partial charge in [-0.25, -0.2) is 12.1 Å². The largest absolute Gasteiger partial charge is 2.00 e. The average Bonchev–Trinajstić information content (AvgIpc) is 3.72. The van der Waals surface area contributed by atoms with Gasteiger partial charge in [0.15, 0.2) is 0 Å². The fourth-order valence-corrected chi connectivity index (χ4v) is 9.93. The molecule has 230 valence electrons. The summed E-state index contributed by atoms with van der Waals surface area (Å²) < 4.78 is 0. The SMILES string of the molecule is CC(C)(C)c1cc[c-](P(c2ccccc2)c2ccccc2)c1.CC(C)(C)c1cc[c-](P(c2ccccc2)c2ccccc2)c1.[Fe+2]. The molecular formula is C42H44FeP2. The van der Waals surface area contributed by atoms with Crippen molar-refractivity contribution in [2.75, 3.05) is 0 Å². The molecule has 0 N–H and O–H groups in total. The zero-order valence-corrected chi connectivity index (χ0v) is 30.2. The number of rotatable bonds is 6. The predicted molar refractivity (Wildman–Crippen MR) is 199 cm³/mol. The number of benzene rings is 4. The van der Waals surface area contributed by atoms with Gasteiger partial charge < -0.3 is 0 Å². The third kappa shape index (κ3) is 9.03. The van der Waals surface area contributed by atoms with Crippen molar-refractivity contribution < 1.29 is 17.1 Å². The van der Waals surface area contributed by atoms with Gasteiger partial charge in [-0.05, 0) is 21.2 Å². The Balaban J connectivity index is 0.000000200. The molecule has 3 heteroatoms. The van der Waals surface area contributed by atoms with E-state index >= 15 is 0 Å². The molecule has 0 aliphatic rings. The summed E-state index contributed by atoms with van der Waals surface area (Å²) in [6.07, 6.45) is 0. The quantitative estimate of drug-likeness (QED) is 0.0947. The van der Waals surface area contributed by atoms with E-state index < -0.39 is 15.8 Å². The fraction of sp³-hybridized carbons (Fsp3) is 0.190. The zero-order valence-electron chi connectivity index (χ0n) is 27.3. The smallest absolute Gasteiger partial charge is 0.209 e. The van der Waals surface area contributed by atoms with Crippen LogP contribution in [-0.2, 0) is 27.9 Å². The summed E-state index contributed by atoms with van der Waals surface area (Å²) in [6.45, 7) is 13.7. The molecule has 6 aromatic carbocycles. The molecule has 0 amide bonds. The summed E-state index contributed by atoms with van der Waals surface area (Å²) in [4.78, 5) is 0. The summed E-state index contributed by atoms with van der Waals surface area (Å²) in [6, 6.07) is 57.5. The molecule has 0 aromatic heterocycles. The molecule has 0 saturated carbocycles. The van der Waals surface area contributed by atoms with Crippen LogP contribution in [0.4, 0.5) is 0 Å². The molecule has 0 aliphatic carbocycles. The summed E-state index contributed by atoms with van der Waals surface area (Å²) in [5, 5.41) is 8.53. The van der Waals surface area contributed by atoms with Crippen molar-refractivity contribution in [3.8, 4) is 0 Å². The molecule has 0 heterocycles. The molecule has 45 heavy (non-hydrogen) atoms. The van der Waals surface area contributed by atoms with Crippen LogP contribution in [-0.4, -0.2) is 0 Å². The van der Waals surface area contributed by atoms with Gasteiger partial charge >= 0.3 is 17.1 Å². The van der Waals surface area contributed by atoms with E-state index in [1.807, 2.05) is 0 Å². The van der Waals surface area contributed by atoms with Crippen molar-refractivity contribution in [2.45, 2.75) is 52.4 Å². The maximum Gasteiger partial charge on any atom is 2.00 e. The Morgan fingerprint density at radius 1 is 0.378 bits per heavy atom. The molecule has 0 saturated heterocycles. The Morgan fingerprint density at radius 3 is 0.822 bits per heavy atom. The van der Waals surface area contributed by atoms with Gasteiger partial charge in [0.25, 0.3) is 0 Å². The first-order valence-electron chi connectivity index (χ1n) is 15.5. The Kier molecular flexibility index (Phi) is 12.0. The van der Waals surface area contributed by atoms with Gasteiger partial charge in [-0.3, -0.25) is 0 Å². The first-order valence-corrected chi connectivity index (χ1v) is 18.1. The van der Waals surface area contributed by atoms with Crippen LogP contribution in [0.2, 0.25) is 0 Å². The van der Waals surface area contributed by atoms with Crippen LogP contribution in [0.5, 0.6) is 0 Å². The number of hydrogen-bond donors (Lipinski definition) is 0. The van der Waals surface area contributed by atoms with E-state index in [9.17, 15) is 0 Å². The minimum atomic E-state index is -0.472. The first kappa shape index (κ1) is 34.8. The molecule has 0 spiro atoms. The average molecular weight is 667 g/mol. The van der Waals surface area contributed by atoms with E-state index in [0.29, 0.717) is 0 Å². The Bertz CT molecular complexity index is 1490. The third-order valence-corrected chi connectivity index (χ3v) is 12.6. The summed E-state index contributed by atoms with van der Waals surface area (Å²) >= 11 is 0. The first-order chi connectivity index (χ1) is 21.1. The van der Waals surface area contributed by atoms with Crippen molar-refractivity contribution in [1.29, 1.82) is 0 Å². The summed E-state index contributed by atoms with van der Waals surface area (Å²) in [5.74, 6) is 0. The van der Waals surface area contributed by atoms with Gasteiger partial charge in [-0.15, -0.1) is 10.6 Å². The van der Waals surface area contributed by atoms with E-state index in [1.165, 1.54) is 43.0 Å². The van der Waals surface area contributed by atoms with Crippen molar-refractivity contribution in [1.82, 2.24) is 0 Å². The predicted octanol–water partition coefficient (Wildman–Crippen LogP) is 8.92. The molecule has 6 rings (SSSR count). The fourth-order valence-electron chi connectivity index (χ4n) is 5.28. The molecule has 0 radical (unpaired) electrons. The molecule has 0 fully saturated rings. The van der Waals surface area contributed by atoms with Gasteiger partial charge in [0.05, 0.1) is 0 Å². The molecule has 0 atom stereocenters. The Morgan fingerprint density at radius 2 is 0.622 bits per heavy atom. The van der Waals surface area contributed by atoms with Crippen LogP contribution in [0.15, 0.2) is 158 Å². The van der Waals surface area contributed by atoms with Crippen molar-refractivity contribution in [3.05, 3.63) is 169 Å². The summed E-state index contributed by atoms with van der Waals surface area (Å²) in [7, 11) is -0.945. The van der Waals surface area contributed by atoms with Crippen LogP contribution in [0.1, 0.15) is 52.7 Å². The van der Waals surface area contributed by atoms with Crippen LogP contribution in [0, 0.1) is 0 Å². The standard InChI is InChI=1S/2C21H22P.Fe/c2*1-21(2,3)17-14-15-20(16-17)22(18-10-6-4-7-11-18)19-12-8-5-9-13-19;/h2*4-16H,1-3H3;/q2*-1;+2. The van der Waals surface area contributed by atoms with Gasteiger partial charge in [-0.2, -0.15) is 35.4 Å².